The van der Waals surface area contributed by atoms with Crippen LogP contribution >= 0.6 is 0 Å². The number of nitrogens with zero attached hydrogens (tertiary/aromatic N) is 2. The minimum absolute atomic E-state index is 0.0979. The highest BCUT2D eigenvalue weighted by atomic mass is 16.5. The number of nitrogens with two attached hydrogens (primary N) is 1. The van der Waals surface area contributed by atoms with E-state index < -0.39 is 0 Å². The molecule has 0 unspecified atom stereocenters. The highest BCUT2D eigenvalue weighted by Crippen LogP contribution is 2.25. The van der Waals surface area contributed by atoms with Crippen LogP contribution in [0.4, 0.5) is 0 Å². The van der Waals surface area contributed by atoms with Crippen LogP contribution in [-0.4, -0.2) is 74.5 Å². The fourth-order valence-corrected chi connectivity index (χ4v) is 3.93. The van der Waals surface area contributed by atoms with Gasteiger partial charge in [0.1, 0.15) is 12.4 Å². The summed E-state index contributed by atoms with van der Waals surface area (Å²) in [7, 11) is 2.13. The topological polar surface area (TPSA) is 87.9 Å². The van der Waals surface area contributed by atoms with E-state index in [-0.39, 0.29) is 18.4 Å². The first-order valence-corrected chi connectivity index (χ1v) is 11.8. The Balaban J connectivity index is 1.57. The summed E-state index contributed by atoms with van der Waals surface area (Å²) >= 11 is 0. The van der Waals surface area contributed by atoms with Crippen LogP contribution in [0.15, 0.2) is 54.1 Å². The third-order valence-corrected chi connectivity index (χ3v) is 6.00. The van der Waals surface area contributed by atoms with Gasteiger partial charge in [0.15, 0.2) is 0 Å². The van der Waals surface area contributed by atoms with Crippen molar-refractivity contribution in [3.63, 3.8) is 0 Å². The molecule has 1 saturated heterocycles. The molecule has 0 spiro atoms. The second-order valence-electron chi connectivity index (χ2n) is 8.61. The zero-order valence-corrected chi connectivity index (χ0v) is 19.6. The first-order chi connectivity index (χ1) is 16.0. The normalized spacial score (nSPS) is 15.5. The first-order valence-electron chi connectivity index (χ1n) is 11.8. The Bertz CT molecular complexity index is 946. The van der Waals surface area contributed by atoms with Gasteiger partial charge in [-0.15, -0.1) is 0 Å². The molecule has 2 aromatic rings. The Labute approximate surface area is 196 Å². The van der Waals surface area contributed by atoms with Gasteiger partial charge in [0.2, 0.25) is 11.8 Å². The number of unbranched alkanes of at least 4 members (excludes halogenated alkanes) is 2. The van der Waals surface area contributed by atoms with E-state index >= 15 is 0 Å². The molecule has 1 aliphatic heterocycles. The number of primary amides is 1. The molecule has 3 N–H and O–H groups in total. The number of hydrogen-bond donors (Lipinski definition) is 2. The molecule has 1 aliphatic rings. The van der Waals surface area contributed by atoms with Gasteiger partial charge in [0.25, 0.3) is 0 Å². The van der Waals surface area contributed by atoms with Gasteiger partial charge in [-0.25, -0.2) is 0 Å². The third kappa shape index (κ3) is 8.18. The number of carbonyl (C=O) groups excluding carboxylic acids is 2. The van der Waals surface area contributed by atoms with Crippen LogP contribution in [0, 0.1) is 0 Å². The second kappa shape index (κ2) is 13.0. The predicted molar refractivity (Wildman–Crippen MR) is 132 cm³/mol. The molecule has 1 heterocycles. The lowest BCUT2D eigenvalue weighted by atomic mass is 10.1. The molecular weight excluding hydrogens is 416 g/mol. The van der Waals surface area contributed by atoms with Gasteiger partial charge in [0.05, 0.1) is 5.57 Å². The predicted octanol–water partition coefficient (Wildman–Crippen LogP) is 2.55. The third-order valence-electron chi connectivity index (χ3n) is 6.00. The quantitative estimate of drug-likeness (QED) is 0.382. The molecule has 33 heavy (non-hydrogen) atoms. The summed E-state index contributed by atoms with van der Waals surface area (Å²) in [5.74, 6) is 0.373. The largest absolute Gasteiger partial charge is 0.488 e. The smallest absolute Gasteiger partial charge is 0.250 e. The molecule has 0 aliphatic carbocycles. The maximum atomic E-state index is 12.9. The highest BCUT2D eigenvalue weighted by Gasteiger charge is 2.15. The average Bonchev–Trinajstić information content (AvgIpc) is 2.81. The fraction of sp³-hybridized carbons (Fsp3) is 0.462. The molecule has 0 atom stereocenters. The van der Waals surface area contributed by atoms with Crippen molar-refractivity contribution in [3.8, 4) is 5.75 Å². The van der Waals surface area contributed by atoms with E-state index in [1.807, 2.05) is 48.5 Å². The Morgan fingerprint density at radius 3 is 2.61 bits per heavy atom. The molecule has 0 saturated carbocycles. The van der Waals surface area contributed by atoms with Crippen LogP contribution in [0.25, 0.3) is 10.8 Å². The average molecular weight is 453 g/mol. The minimum Gasteiger partial charge on any atom is -0.488 e. The molecule has 2 aromatic carbocycles. The number of piperazine rings is 1. The van der Waals surface area contributed by atoms with E-state index in [0.717, 1.165) is 55.7 Å². The van der Waals surface area contributed by atoms with Gasteiger partial charge in [-0.1, -0.05) is 42.5 Å². The summed E-state index contributed by atoms with van der Waals surface area (Å²) in [5.41, 5.74) is 5.83. The number of ether oxygens (including phenoxy) is 1. The number of benzene rings is 2. The molecule has 7 heteroatoms. The van der Waals surface area contributed by atoms with Crippen LogP contribution in [-0.2, 0) is 9.59 Å². The van der Waals surface area contributed by atoms with Crippen LogP contribution in [0.2, 0.25) is 0 Å². The van der Waals surface area contributed by atoms with Crippen molar-refractivity contribution in [2.45, 2.75) is 25.7 Å². The van der Waals surface area contributed by atoms with E-state index in [0.29, 0.717) is 31.4 Å². The molecule has 7 nitrogen and oxygen atoms in total. The maximum Gasteiger partial charge on any atom is 0.250 e. The number of amides is 2. The summed E-state index contributed by atoms with van der Waals surface area (Å²) in [4.78, 5) is 28.6. The summed E-state index contributed by atoms with van der Waals surface area (Å²) in [6.07, 6.45) is 4.52. The van der Waals surface area contributed by atoms with E-state index in [4.69, 9.17) is 10.5 Å². The van der Waals surface area contributed by atoms with Crippen molar-refractivity contribution >= 4 is 22.6 Å². The van der Waals surface area contributed by atoms with Crippen molar-refractivity contribution in [3.05, 3.63) is 54.1 Å². The molecule has 0 radical (unpaired) electrons. The number of hydrogen-bond acceptors (Lipinski definition) is 5. The number of allylic oxidation sites excluding steroid dienone is 1. The highest BCUT2D eigenvalue weighted by molar-refractivity contribution is 5.94. The zero-order chi connectivity index (χ0) is 23.5. The molecular formula is C26H36N4O3. The lowest BCUT2D eigenvalue weighted by molar-refractivity contribution is -0.118. The molecule has 1 fully saturated rings. The first kappa shape index (κ1) is 24.7. The number of carbonyl (C=O) groups is 2. The Hall–Kier alpha value is -2.90. The van der Waals surface area contributed by atoms with E-state index in [9.17, 15) is 9.59 Å². The van der Waals surface area contributed by atoms with Crippen molar-refractivity contribution in [1.82, 2.24) is 15.1 Å². The monoisotopic (exact) mass is 452 g/mol. The Morgan fingerprint density at radius 1 is 1.06 bits per heavy atom. The number of nitrogens with one attached hydrogen (secondary N) is 1. The fourth-order valence-electron chi connectivity index (χ4n) is 3.93. The Morgan fingerprint density at radius 2 is 1.82 bits per heavy atom. The van der Waals surface area contributed by atoms with E-state index in [1.165, 1.54) is 0 Å². The molecule has 2 amide bonds. The summed E-state index contributed by atoms with van der Waals surface area (Å²) in [6.45, 7) is 5.82. The number of likely N-dealkylation sites (N-methyl/N-ethyl adjacent to an activating group) is 1. The zero-order valence-electron chi connectivity index (χ0n) is 19.6. The van der Waals surface area contributed by atoms with Crippen LogP contribution in [0.3, 0.4) is 0 Å². The molecule has 178 valence electrons. The van der Waals surface area contributed by atoms with Gasteiger partial charge in [-0.3, -0.25) is 14.5 Å². The molecule has 0 bridgehead atoms. The van der Waals surface area contributed by atoms with Gasteiger partial charge >= 0.3 is 0 Å². The standard InChI is InChI=1S/C26H36N4O3/c1-29-16-18-30(19-17-29)15-14-28-26(32)22(9-3-2-4-13-25(27)31)20-33-24-12-7-10-21-8-5-6-11-23(21)24/h5-12H,2-4,13-20H2,1H3,(H2,27,31)(H,28,32). The maximum absolute atomic E-state index is 12.9. The van der Waals surface area contributed by atoms with Crippen LogP contribution in [0.1, 0.15) is 25.7 Å². The second-order valence-corrected chi connectivity index (χ2v) is 8.61. The minimum atomic E-state index is -0.292. The van der Waals surface area contributed by atoms with Crippen LogP contribution < -0.4 is 15.8 Å². The SMILES string of the molecule is CN1CCN(CCNC(=O)C(=CCCCCC(N)=O)COc2cccc3ccccc23)CC1. The van der Waals surface area contributed by atoms with Crippen molar-refractivity contribution < 1.29 is 14.3 Å². The van der Waals surface area contributed by atoms with Gasteiger partial charge in [-0.05, 0) is 37.8 Å². The lowest BCUT2D eigenvalue weighted by Crippen LogP contribution is -2.47. The van der Waals surface area contributed by atoms with Gasteiger partial charge < -0.3 is 20.7 Å². The van der Waals surface area contributed by atoms with E-state index in [2.05, 4.69) is 22.2 Å². The van der Waals surface area contributed by atoms with Crippen molar-refractivity contribution in [2.24, 2.45) is 5.73 Å². The van der Waals surface area contributed by atoms with Gasteiger partial charge in [-0.2, -0.15) is 0 Å². The summed E-state index contributed by atoms with van der Waals surface area (Å²) < 4.78 is 6.09. The van der Waals surface area contributed by atoms with Crippen molar-refractivity contribution in [2.75, 3.05) is 52.9 Å². The van der Waals surface area contributed by atoms with Crippen molar-refractivity contribution in [1.29, 1.82) is 0 Å². The number of fused-ring (bicyclic) bond motifs is 1. The van der Waals surface area contributed by atoms with E-state index in [1.54, 1.807) is 0 Å². The van der Waals surface area contributed by atoms with Crippen LogP contribution in [0.5, 0.6) is 5.75 Å². The summed E-state index contributed by atoms with van der Waals surface area (Å²) in [5, 5.41) is 5.18. The molecule has 0 aromatic heterocycles. The lowest BCUT2D eigenvalue weighted by Gasteiger charge is -2.32. The van der Waals surface area contributed by atoms with Gasteiger partial charge in [0, 0.05) is 51.1 Å². The number of rotatable bonds is 12. The Kier molecular flexibility index (Phi) is 9.72. The molecule has 3 rings (SSSR count). The summed E-state index contributed by atoms with van der Waals surface area (Å²) in [6, 6.07) is 14.0.